The van der Waals surface area contributed by atoms with Gasteiger partial charge in [-0.3, -0.25) is 0 Å². The van der Waals surface area contributed by atoms with Gasteiger partial charge in [0.1, 0.15) is 5.82 Å². The first kappa shape index (κ1) is 14.9. The van der Waals surface area contributed by atoms with Gasteiger partial charge in [0.05, 0.1) is 0 Å². The number of carboxylic acids is 1. The molecule has 3 nitrogen and oxygen atoms in total. The molecule has 0 heterocycles. The Labute approximate surface area is 119 Å². The molecule has 2 aromatic rings. The number of aliphatic carboxylic acids is 1. The number of rotatable bonds is 4. The lowest BCUT2D eigenvalue weighted by Gasteiger charge is -2.28. The standard InChI is InChI=1S/C15H12F3NO2/c1-15(14(20)21,11-6-3-7-12(17)13(11)18)19-10-5-2-4-9(16)8-10/h2-8,19H,1H3,(H,20,21). The molecule has 0 aliphatic carbocycles. The van der Waals surface area contributed by atoms with Gasteiger partial charge in [0.15, 0.2) is 17.2 Å². The van der Waals surface area contributed by atoms with Crippen LogP contribution in [0.3, 0.4) is 0 Å². The smallest absolute Gasteiger partial charge is 0.333 e. The lowest BCUT2D eigenvalue weighted by Crippen LogP contribution is -2.41. The Bertz CT molecular complexity index is 690. The van der Waals surface area contributed by atoms with Crippen LogP contribution in [-0.2, 0) is 10.3 Å². The number of anilines is 1. The average molecular weight is 295 g/mol. The Morgan fingerprint density at radius 2 is 1.81 bits per heavy atom. The molecule has 2 aromatic carbocycles. The third-order valence-corrected chi connectivity index (χ3v) is 3.14. The molecule has 0 amide bonds. The highest BCUT2D eigenvalue weighted by molar-refractivity contribution is 5.84. The van der Waals surface area contributed by atoms with Crippen molar-refractivity contribution in [1.29, 1.82) is 0 Å². The van der Waals surface area contributed by atoms with E-state index in [1.807, 2.05) is 0 Å². The van der Waals surface area contributed by atoms with Crippen molar-refractivity contribution in [2.75, 3.05) is 5.32 Å². The second-order valence-electron chi connectivity index (χ2n) is 4.67. The van der Waals surface area contributed by atoms with Crippen LogP contribution in [0.5, 0.6) is 0 Å². The van der Waals surface area contributed by atoms with E-state index in [-0.39, 0.29) is 11.3 Å². The molecule has 21 heavy (non-hydrogen) atoms. The second kappa shape index (κ2) is 5.47. The van der Waals surface area contributed by atoms with Crippen LogP contribution in [-0.4, -0.2) is 11.1 Å². The Kier molecular flexibility index (Phi) is 3.88. The van der Waals surface area contributed by atoms with E-state index in [2.05, 4.69) is 5.32 Å². The van der Waals surface area contributed by atoms with Crippen LogP contribution >= 0.6 is 0 Å². The van der Waals surface area contributed by atoms with E-state index in [0.717, 1.165) is 12.1 Å². The summed E-state index contributed by atoms with van der Waals surface area (Å²) in [5, 5.41) is 11.9. The monoisotopic (exact) mass is 295 g/mol. The Morgan fingerprint density at radius 3 is 2.43 bits per heavy atom. The summed E-state index contributed by atoms with van der Waals surface area (Å²) in [7, 11) is 0. The molecule has 0 aromatic heterocycles. The first-order valence-corrected chi connectivity index (χ1v) is 6.06. The summed E-state index contributed by atoms with van der Waals surface area (Å²) >= 11 is 0. The maximum Gasteiger partial charge on any atom is 0.333 e. The molecule has 0 bridgehead atoms. The number of benzene rings is 2. The number of hydrogen-bond acceptors (Lipinski definition) is 2. The highest BCUT2D eigenvalue weighted by Gasteiger charge is 2.38. The van der Waals surface area contributed by atoms with Crippen LogP contribution in [0.1, 0.15) is 12.5 Å². The molecule has 0 saturated carbocycles. The van der Waals surface area contributed by atoms with E-state index >= 15 is 0 Å². The van der Waals surface area contributed by atoms with E-state index in [1.165, 1.54) is 37.3 Å². The van der Waals surface area contributed by atoms with Crippen LogP contribution in [0.15, 0.2) is 42.5 Å². The normalized spacial score (nSPS) is 13.5. The van der Waals surface area contributed by atoms with Crippen LogP contribution in [0.25, 0.3) is 0 Å². The summed E-state index contributed by atoms with van der Waals surface area (Å²) in [6.07, 6.45) is 0. The highest BCUT2D eigenvalue weighted by Crippen LogP contribution is 2.29. The fourth-order valence-corrected chi connectivity index (χ4v) is 1.98. The predicted molar refractivity (Wildman–Crippen MR) is 71.4 cm³/mol. The van der Waals surface area contributed by atoms with Crippen LogP contribution in [0, 0.1) is 17.5 Å². The summed E-state index contributed by atoms with van der Waals surface area (Å²) in [6.45, 7) is 1.18. The van der Waals surface area contributed by atoms with E-state index in [9.17, 15) is 23.1 Å². The van der Waals surface area contributed by atoms with Gasteiger partial charge in [-0.25, -0.2) is 18.0 Å². The molecule has 0 fully saturated rings. The lowest BCUT2D eigenvalue weighted by atomic mass is 9.91. The molecule has 1 atom stereocenters. The summed E-state index contributed by atoms with van der Waals surface area (Å²) in [5.41, 5.74) is -2.18. The van der Waals surface area contributed by atoms with Gasteiger partial charge < -0.3 is 10.4 Å². The van der Waals surface area contributed by atoms with Gasteiger partial charge in [0.2, 0.25) is 0 Å². The molecule has 1 unspecified atom stereocenters. The average Bonchev–Trinajstić information content (AvgIpc) is 2.41. The number of nitrogens with one attached hydrogen (secondary N) is 1. The minimum absolute atomic E-state index is 0.142. The Morgan fingerprint density at radius 1 is 1.14 bits per heavy atom. The molecule has 0 radical (unpaired) electrons. The van der Waals surface area contributed by atoms with Crippen LogP contribution in [0.2, 0.25) is 0 Å². The first-order chi connectivity index (χ1) is 9.84. The number of hydrogen-bond donors (Lipinski definition) is 2. The quantitative estimate of drug-likeness (QED) is 0.907. The van der Waals surface area contributed by atoms with Crippen LogP contribution < -0.4 is 5.32 Å². The van der Waals surface area contributed by atoms with Gasteiger partial charge in [-0.1, -0.05) is 18.2 Å². The molecule has 2 N–H and O–H groups in total. The zero-order chi connectivity index (χ0) is 15.6. The van der Waals surface area contributed by atoms with Crippen molar-refractivity contribution in [2.45, 2.75) is 12.5 Å². The Hall–Kier alpha value is -2.50. The van der Waals surface area contributed by atoms with E-state index < -0.39 is 29.0 Å². The van der Waals surface area contributed by atoms with Crippen molar-refractivity contribution in [2.24, 2.45) is 0 Å². The van der Waals surface area contributed by atoms with Gasteiger partial charge >= 0.3 is 5.97 Å². The fraction of sp³-hybridized carbons (Fsp3) is 0.133. The van der Waals surface area contributed by atoms with Gasteiger partial charge in [0, 0.05) is 11.3 Å². The summed E-state index contributed by atoms with van der Waals surface area (Å²) < 4.78 is 40.4. The predicted octanol–water partition coefficient (Wildman–Crippen LogP) is 3.52. The molecular formula is C15H12F3NO2. The zero-order valence-corrected chi connectivity index (χ0v) is 11.0. The van der Waals surface area contributed by atoms with Gasteiger partial charge in [-0.05, 0) is 31.2 Å². The number of carbonyl (C=O) groups is 1. The van der Waals surface area contributed by atoms with E-state index in [1.54, 1.807) is 0 Å². The van der Waals surface area contributed by atoms with Gasteiger partial charge in [0.25, 0.3) is 0 Å². The number of halogens is 3. The lowest BCUT2D eigenvalue weighted by molar-refractivity contribution is -0.142. The summed E-state index contributed by atoms with van der Waals surface area (Å²) in [4.78, 5) is 11.5. The maximum atomic E-state index is 13.9. The minimum atomic E-state index is -1.94. The molecule has 0 aliphatic rings. The number of carboxylic acid groups (broad SMARTS) is 1. The second-order valence-corrected chi connectivity index (χ2v) is 4.67. The van der Waals surface area contributed by atoms with Crippen molar-refractivity contribution >= 4 is 11.7 Å². The zero-order valence-electron chi connectivity index (χ0n) is 11.0. The van der Waals surface area contributed by atoms with Gasteiger partial charge in [-0.2, -0.15) is 0 Å². The molecular weight excluding hydrogens is 283 g/mol. The van der Waals surface area contributed by atoms with Crippen molar-refractivity contribution in [1.82, 2.24) is 0 Å². The van der Waals surface area contributed by atoms with Crippen LogP contribution in [0.4, 0.5) is 18.9 Å². The fourth-order valence-electron chi connectivity index (χ4n) is 1.98. The van der Waals surface area contributed by atoms with Crippen molar-refractivity contribution in [3.63, 3.8) is 0 Å². The molecule has 0 spiro atoms. The van der Waals surface area contributed by atoms with Crippen molar-refractivity contribution in [3.8, 4) is 0 Å². The van der Waals surface area contributed by atoms with E-state index in [0.29, 0.717) is 0 Å². The first-order valence-electron chi connectivity index (χ1n) is 6.06. The van der Waals surface area contributed by atoms with Crippen molar-refractivity contribution < 1.29 is 23.1 Å². The van der Waals surface area contributed by atoms with E-state index in [4.69, 9.17) is 0 Å². The molecule has 110 valence electrons. The third kappa shape index (κ3) is 2.84. The largest absolute Gasteiger partial charge is 0.479 e. The molecule has 0 saturated heterocycles. The van der Waals surface area contributed by atoms with Gasteiger partial charge in [-0.15, -0.1) is 0 Å². The molecule has 6 heteroatoms. The topological polar surface area (TPSA) is 49.3 Å². The Balaban J connectivity index is 2.51. The summed E-state index contributed by atoms with van der Waals surface area (Å²) in [5.74, 6) is -4.41. The molecule has 0 aliphatic heterocycles. The van der Waals surface area contributed by atoms with Crippen molar-refractivity contribution in [3.05, 3.63) is 65.5 Å². The molecule has 2 rings (SSSR count). The minimum Gasteiger partial charge on any atom is -0.479 e. The summed E-state index contributed by atoms with van der Waals surface area (Å²) in [6, 6.07) is 8.33. The highest BCUT2D eigenvalue weighted by atomic mass is 19.2. The maximum absolute atomic E-state index is 13.9. The third-order valence-electron chi connectivity index (χ3n) is 3.14. The SMILES string of the molecule is CC(Nc1cccc(F)c1)(C(=O)O)c1cccc(F)c1F.